The number of carbonyl (C=O) groups is 1. The molecule has 0 saturated heterocycles. The van der Waals surface area contributed by atoms with Gasteiger partial charge in [0.2, 0.25) is 0 Å². The molecule has 1 fully saturated rings. The van der Waals surface area contributed by atoms with E-state index >= 15 is 0 Å². The third-order valence-electron chi connectivity index (χ3n) is 3.34. The SMILES string of the molecule is COc1ccc(-c2onc(C(=O)O)c2C2CC2)c(Cl)c1. The molecule has 104 valence electrons. The normalized spacial score (nSPS) is 14.3. The molecule has 3 rings (SSSR count). The van der Waals surface area contributed by atoms with Gasteiger partial charge in [-0.25, -0.2) is 4.79 Å². The number of carboxylic acid groups (broad SMARTS) is 1. The first-order chi connectivity index (χ1) is 9.61. The van der Waals surface area contributed by atoms with Crippen molar-refractivity contribution in [3.63, 3.8) is 0 Å². The van der Waals surface area contributed by atoms with Crippen molar-refractivity contribution in [3.05, 3.63) is 34.5 Å². The van der Waals surface area contributed by atoms with Gasteiger partial charge in [0.1, 0.15) is 5.75 Å². The molecule has 0 bridgehead atoms. The summed E-state index contributed by atoms with van der Waals surface area (Å²) in [5.41, 5.74) is 1.26. The van der Waals surface area contributed by atoms with Crippen LogP contribution in [0.15, 0.2) is 22.7 Å². The van der Waals surface area contributed by atoms with Gasteiger partial charge in [-0.2, -0.15) is 0 Å². The molecule has 0 unspecified atom stereocenters. The van der Waals surface area contributed by atoms with Gasteiger partial charge < -0.3 is 14.4 Å². The number of rotatable bonds is 4. The maximum atomic E-state index is 11.2. The number of hydrogen-bond donors (Lipinski definition) is 1. The van der Waals surface area contributed by atoms with Gasteiger partial charge in [0, 0.05) is 11.1 Å². The second kappa shape index (κ2) is 4.83. The number of hydrogen-bond acceptors (Lipinski definition) is 4. The van der Waals surface area contributed by atoms with Crippen LogP contribution in [0.2, 0.25) is 5.02 Å². The van der Waals surface area contributed by atoms with Crippen LogP contribution in [0.4, 0.5) is 0 Å². The molecule has 0 aliphatic heterocycles. The van der Waals surface area contributed by atoms with Crippen LogP contribution in [-0.2, 0) is 0 Å². The molecule has 20 heavy (non-hydrogen) atoms. The van der Waals surface area contributed by atoms with Gasteiger partial charge >= 0.3 is 5.97 Å². The molecule has 1 saturated carbocycles. The molecule has 0 atom stereocenters. The van der Waals surface area contributed by atoms with Gasteiger partial charge in [0.05, 0.1) is 12.1 Å². The first-order valence-corrected chi connectivity index (χ1v) is 6.56. The predicted molar refractivity (Wildman–Crippen MR) is 72.4 cm³/mol. The van der Waals surface area contributed by atoms with Gasteiger partial charge in [-0.1, -0.05) is 16.8 Å². The molecule has 1 aromatic carbocycles. The number of methoxy groups -OCH3 is 1. The summed E-state index contributed by atoms with van der Waals surface area (Å²) < 4.78 is 10.3. The van der Waals surface area contributed by atoms with E-state index in [9.17, 15) is 9.90 Å². The quantitative estimate of drug-likeness (QED) is 0.932. The lowest BCUT2D eigenvalue weighted by molar-refractivity contribution is 0.0684. The zero-order valence-electron chi connectivity index (χ0n) is 10.7. The van der Waals surface area contributed by atoms with Crippen molar-refractivity contribution < 1.29 is 19.2 Å². The summed E-state index contributed by atoms with van der Waals surface area (Å²) in [5, 5.41) is 13.3. The van der Waals surface area contributed by atoms with E-state index in [4.69, 9.17) is 20.9 Å². The lowest BCUT2D eigenvalue weighted by atomic mass is 10.0. The highest BCUT2D eigenvalue weighted by Crippen LogP contribution is 2.47. The lowest BCUT2D eigenvalue weighted by Crippen LogP contribution is -2.00. The second-order valence-electron chi connectivity index (χ2n) is 4.70. The summed E-state index contributed by atoms with van der Waals surface area (Å²) in [6, 6.07) is 5.16. The Labute approximate surface area is 120 Å². The van der Waals surface area contributed by atoms with E-state index in [2.05, 4.69) is 5.16 Å². The molecule has 1 aliphatic rings. The van der Waals surface area contributed by atoms with Crippen LogP contribution in [0.5, 0.6) is 5.75 Å². The zero-order chi connectivity index (χ0) is 14.3. The highest BCUT2D eigenvalue weighted by molar-refractivity contribution is 6.33. The number of benzene rings is 1. The van der Waals surface area contributed by atoms with E-state index in [0.29, 0.717) is 27.7 Å². The Morgan fingerprint density at radius 1 is 1.50 bits per heavy atom. The molecule has 1 heterocycles. The highest BCUT2D eigenvalue weighted by Gasteiger charge is 2.35. The highest BCUT2D eigenvalue weighted by atomic mass is 35.5. The van der Waals surface area contributed by atoms with Crippen LogP contribution >= 0.6 is 11.6 Å². The summed E-state index contributed by atoms with van der Waals surface area (Å²) in [6.45, 7) is 0. The maximum absolute atomic E-state index is 11.2. The van der Waals surface area contributed by atoms with Crippen molar-refractivity contribution in [2.45, 2.75) is 18.8 Å². The number of carboxylic acids is 1. The van der Waals surface area contributed by atoms with Crippen LogP contribution in [0, 0.1) is 0 Å². The van der Waals surface area contributed by atoms with E-state index in [1.54, 1.807) is 25.3 Å². The molecule has 2 aromatic rings. The van der Waals surface area contributed by atoms with E-state index in [1.807, 2.05) is 0 Å². The monoisotopic (exact) mass is 293 g/mol. The molecule has 0 radical (unpaired) electrons. The van der Waals surface area contributed by atoms with Crippen LogP contribution in [-0.4, -0.2) is 23.3 Å². The van der Waals surface area contributed by atoms with Gasteiger partial charge in [-0.3, -0.25) is 0 Å². The van der Waals surface area contributed by atoms with Crippen LogP contribution in [0.3, 0.4) is 0 Å². The second-order valence-corrected chi connectivity index (χ2v) is 5.11. The molecule has 0 spiro atoms. The summed E-state index contributed by atoms with van der Waals surface area (Å²) in [5.74, 6) is 0.189. The molecule has 0 amide bonds. The van der Waals surface area contributed by atoms with Crippen LogP contribution in [0.1, 0.15) is 34.8 Å². The largest absolute Gasteiger partial charge is 0.497 e. The molecule has 1 aliphatic carbocycles. The standard InChI is InChI=1S/C14H12ClNO4/c1-19-8-4-5-9(10(15)6-8)13-11(7-2-3-7)12(14(17)18)16-20-13/h4-7H,2-3H2,1H3,(H,17,18). The molecule has 1 aromatic heterocycles. The minimum absolute atomic E-state index is 0.0191. The number of halogens is 1. The summed E-state index contributed by atoms with van der Waals surface area (Å²) in [4.78, 5) is 11.2. The molecule has 5 nitrogen and oxygen atoms in total. The van der Waals surface area contributed by atoms with E-state index in [-0.39, 0.29) is 11.6 Å². The first kappa shape index (κ1) is 13.0. The van der Waals surface area contributed by atoms with Gasteiger partial charge in [-0.05, 0) is 37.0 Å². The fourth-order valence-corrected chi connectivity index (χ4v) is 2.46. The van der Waals surface area contributed by atoms with Crippen molar-refractivity contribution in [1.29, 1.82) is 0 Å². The minimum Gasteiger partial charge on any atom is -0.497 e. The zero-order valence-corrected chi connectivity index (χ0v) is 11.5. The van der Waals surface area contributed by atoms with Gasteiger partial charge in [0.25, 0.3) is 0 Å². The Hall–Kier alpha value is -2.01. The van der Waals surface area contributed by atoms with Crippen LogP contribution < -0.4 is 4.74 Å². The van der Waals surface area contributed by atoms with Crippen molar-refractivity contribution in [2.24, 2.45) is 0 Å². The number of nitrogens with zero attached hydrogens (tertiary/aromatic N) is 1. The van der Waals surface area contributed by atoms with Crippen molar-refractivity contribution >= 4 is 17.6 Å². The number of ether oxygens (including phenoxy) is 1. The number of aromatic carboxylic acids is 1. The Bertz CT molecular complexity index is 676. The fraction of sp³-hybridized carbons (Fsp3) is 0.286. The van der Waals surface area contributed by atoms with Gasteiger partial charge in [0.15, 0.2) is 11.5 Å². The Kier molecular flexibility index (Phi) is 3.14. The molecule has 1 N–H and O–H groups in total. The Morgan fingerprint density at radius 3 is 2.80 bits per heavy atom. The van der Waals surface area contributed by atoms with Gasteiger partial charge in [-0.15, -0.1) is 0 Å². The average molecular weight is 294 g/mol. The molecular formula is C14H12ClNO4. The fourth-order valence-electron chi connectivity index (χ4n) is 2.20. The van der Waals surface area contributed by atoms with Crippen molar-refractivity contribution in [3.8, 4) is 17.1 Å². The Morgan fingerprint density at radius 2 is 2.25 bits per heavy atom. The smallest absolute Gasteiger partial charge is 0.358 e. The molecule has 6 heteroatoms. The number of aromatic nitrogens is 1. The van der Waals surface area contributed by atoms with E-state index in [1.165, 1.54) is 0 Å². The summed E-state index contributed by atoms with van der Waals surface area (Å²) >= 11 is 6.21. The third-order valence-corrected chi connectivity index (χ3v) is 3.65. The lowest BCUT2D eigenvalue weighted by Gasteiger charge is -2.05. The minimum atomic E-state index is -1.08. The topological polar surface area (TPSA) is 72.6 Å². The van der Waals surface area contributed by atoms with Crippen LogP contribution in [0.25, 0.3) is 11.3 Å². The third kappa shape index (κ3) is 2.14. The summed E-state index contributed by atoms with van der Waals surface area (Å²) in [7, 11) is 1.55. The maximum Gasteiger partial charge on any atom is 0.358 e. The average Bonchev–Trinajstić information content (AvgIpc) is 3.17. The molecular weight excluding hydrogens is 282 g/mol. The van der Waals surface area contributed by atoms with Crippen molar-refractivity contribution in [1.82, 2.24) is 5.16 Å². The predicted octanol–water partition coefficient (Wildman–Crippen LogP) is 3.58. The Balaban J connectivity index is 2.12. The van der Waals surface area contributed by atoms with E-state index in [0.717, 1.165) is 12.8 Å². The first-order valence-electron chi connectivity index (χ1n) is 6.18. The van der Waals surface area contributed by atoms with Crippen molar-refractivity contribution in [2.75, 3.05) is 7.11 Å². The van der Waals surface area contributed by atoms with E-state index < -0.39 is 5.97 Å². The summed E-state index contributed by atoms with van der Waals surface area (Å²) in [6.07, 6.45) is 1.89.